The highest BCUT2D eigenvalue weighted by Gasteiger charge is 2.18. The van der Waals surface area contributed by atoms with Gasteiger partial charge in [0, 0.05) is 0 Å². The minimum absolute atomic E-state index is 0.183. The molecule has 5 nitrogen and oxygen atoms in total. The molecule has 1 unspecified atom stereocenters. The monoisotopic (exact) mass is 183 g/mol. The van der Waals surface area contributed by atoms with Gasteiger partial charge in [-0.1, -0.05) is 13.8 Å². The first-order valence-electron chi connectivity index (χ1n) is 3.34. The molecule has 0 radical (unpaired) electrons. The van der Waals surface area contributed by atoms with Crippen molar-refractivity contribution in [1.82, 2.24) is 0 Å². The molecule has 0 fully saturated rings. The molecule has 0 saturated carbocycles. The number of phosphoric acid groups is 1. The second-order valence-electron chi connectivity index (χ2n) is 2.59. The van der Waals surface area contributed by atoms with Crippen molar-refractivity contribution in [2.75, 3.05) is 6.61 Å². The maximum Gasteiger partial charge on any atom is 0.488 e. The van der Waals surface area contributed by atoms with E-state index in [4.69, 9.17) is 4.89 Å². The molecule has 0 bridgehead atoms. The van der Waals surface area contributed by atoms with Crippen LogP contribution in [0.5, 0.6) is 0 Å². The van der Waals surface area contributed by atoms with Crippen LogP contribution in [0.4, 0.5) is 0 Å². The van der Waals surface area contributed by atoms with Crippen LogP contribution in [0.2, 0.25) is 0 Å². The second-order valence-corrected chi connectivity index (χ2v) is 4.00. The molecule has 0 aliphatic rings. The van der Waals surface area contributed by atoms with Gasteiger partial charge in [0.2, 0.25) is 0 Å². The van der Waals surface area contributed by atoms with E-state index in [2.05, 4.69) is 15.0 Å². The highest BCUT2D eigenvalue weighted by Crippen LogP contribution is 2.40. The highest BCUT2D eigenvalue weighted by molar-refractivity contribution is 7.47. The van der Waals surface area contributed by atoms with Gasteiger partial charge in [0.15, 0.2) is 0 Å². The van der Waals surface area contributed by atoms with Crippen LogP contribution < -0.4 is 5.90 Å². The molecule has 68 valence electrons. The zero-order chi connectivity index (χ0) is 8.91. The summed E-state index contributed by atoms with van der Waals surface area (Å²) in [5, 5.41) is 0. The average Bonchev–Trinajstić information content (AvgIpc) is 1.87. The van der Waals surface area contributed by atoms with E-state index < -0.39 is 7.82 Å². The Balaban J connectivity index is 3.46. The van der Waals surface area contributed by atoms with Crippen LogP contribution in [0.1, 0.15) is 20.3 Å². The Bertz CT molecular complexity index is 149. The number of rotatable bonds is 5. The molecule has 0 aromatic heterocycles. The van der Waals surface area contributed by atoms with E-state index in [0.29, 0.717) is 12.3 Å². The minimum atomic E-state index is -3.95. The summed E-state index contributed by atoms with van der Waals surface area (Å²) in [6, 6.07) is 0. The van der Waals surface area contributed by atoms with Crippen molar-refractivity contribution in [2.45, 2.75) is 20.3 Å². The molecule has 3 N–H and O–H groups in total. The fourth-order valence-corrected chi connectivity index (χ4v) is 0.831. The Kier molecular flexibility index (Phi) is 4.88. The molecule has 1 atom stereocenters. The van der Waals surface area contributed by atoms with Gasteiger partial charge in [0.25, 0.3) is 0 Å². The summed E-state index contributed by atoms with van der Waals surface area (Å²) in [5.41, 5.74) is 0. The zero-order valence-electron chi connectivity index (χ0n) is 6.69. The summed E-state index contributed by atoms with van der Waals surface area (Å²) < 4.78 is 18.7. The van der Waals surface area contributed by atoms with Crippen molar-refractivity contribution in [3.05, 3.63) is 0 Å². The van der Waals surface area contributed by atoms with Crippen LogP contribution in [-0.2, 0) is 13.7 Å². The van der Waals surface area contributed by atoms with Gasteiger partial charge in [-0.3, -0.25) is 4.52 Å². The lowest BCUT2D eigenvalue weighted by molar-refractivity contribution is 0.145. The first-order valence-corrected chi connectivity index (χ1v) is 4.83. The molecule has 6 heteroatoms. The SMILES string of the molecule is CC(C)CCOP(=O)(O)ON. The highest BCUT2D eigenvalue weighted by atomic mass is 31.2. The second kappa shape index (κ2) is 4.85. The molecule has 0 aromatic carbocycles. The average molecular weight is 183 g/mol. The third-order valence-corrected chi connectivity index (χ3v) is 1.86. The molecule has 0 spiro atoms. The maximum atomic E-state index is 10.6. The van der Waals surface area contributed by atoms with E-state index in [1.165, 1.54) is 0 Å². The Morgan fingerprint density at radius 1 is 1.64 bits per heavy atom. The Hall–Kier alpha value is 0.0700. The van der Waals surface area contributed by atoms with Crippen molar-refractivity contribution in [2.24, 2.45) is 11.8 Å². The topological polar surface area (TPSA) is 81.8 Å². The Morgan fingerprint density at radius 2 is 2.18 bits per heavy atom. The van der Waals surface area contributed by atoms with Gasteiger partial charge in [-0.25, -0.2) is 15.1 Å². The van der Waals surface area contributed by atoms with Crippen LogP contribution >= 0.6 is 7.82 Å². The quantitative estimate of drug-likeness (QED) is 0.491. The normalized spacial score (nSPS) is 16.8. The predicted molar refractivity (Wildman–Crippen MR) is 40.5 cm³/mol. The van der Waals surface area contributed by atoms with Crippen LogP contribution in [0.3, 0.4) is 0 Å². The predicted octanol–water partition coefficient (Wildman–Crippen LogP) is 1.04. The van der Waals surface area contributed by atoms with E-state index in [0.717, 1.165) is 0 Å². The lowest BCUT2D eigenvalue weighted by Gasteiger charge is -2.08. The van der Waals surface area contributed by atoms with Gasteiger partial charge in [-0.2, -0.15) is 0 Å². The summed E-state index contributed by atoms with van der Waals surface area (Å²) >= 11 is 0. The van der Waals surface area contributed by atoms with Crippen molar-refractivity contribution >= 4 is 7.82 Å². The smallest absolute Gasteiger partial charge is 0.302 e. The molecule has 0 amide bonds. The van der Waals surface area contributed by atoms with Crippen molar-refractivity contribution in [3.8, 4) is 0 Å². The van der Waals surface area contributed by atoms with Crippen LogP contribution in [-0.4, -0.2) is 11.5 Å². The lowest BCUT2D eigenvalue weighted by atomic mass is 10.2. The van der Waals surface area contributed by atoms with Gasteiger partial charge >= 0.3 is 7.82 Å². The minimum Gasteiger partial charge on any atom is -0.302 e. The van der Waals surface area contributed by atoms with Crippen molar-refractivity contribution < 1.29 is 18.6 Å². The summed E-state index contributed by atoms with van der Waals surface area (Å²) in [5.74, 6) is 4.91. The number of phosphoric ester groups is 1. The van der Waals surface area contributed by atoms with Crippen molar-refractivity contribution in [3.63, 3.8) is 0 Å². The molecule has 11 heavy (non-hydrogen) atoms. The molecule has 0 aliphatic heterocycles. The zero-order valence-corrected chi connectivity index (χ0v) is 7.58. The number of nitrogens with two attached hydrogens (primary N) is 1. The standard InChI is InChI=1S/C5H14NO4P/c1-5(2)3-4-9-11(7,8)10-6/h5H,3-4,6H2,1-2H3,(H,7,8). The van der Waals surface area contributed by atoms with Gasteiger partial charge in [-0.05, 0) is 12.3 Å². The Morgan fingerprint density at radius 3 is 2.55 bits per heavy atom. The van der Waals surface area contributed by atoms with Crippen molar-refractivity contribution in [1.29, 1.82) is 0 Å². The third-order valence-electron chi connectivity index (χ3n) is 1.08. The fourth-order valence-electron chi connectivity index (χ4n) is 0.434. The van der Waals surface area contributed by atoms with Gasteiger partial charge in [-0.15, -0.1) is 0 Å². The van der Waals surface area contributed by atoms with Gasteiger partial charge in [0.05, 0.1) is 6.61 Å². The molecule has 0 aromatic rings. The van der Waals surface area contributed by atoms with E-state index >= 15 is 0 Å². The summed E-state index contributed by atoms with van der Waals surface area (Å²) in [7, 11) is -3.95. The number of hydrogen-bond acceptors (Lipinski definition) is 4. The lowest BCUT2D eigenvalue weighted by Crippen LogP contribution is -2.02. The fraction of sp³-hybridized carbons (Fsp3) is 1.00. The molecule has 0 saturated heterocycles. The third kappa shape index (κ3) is 6.47. The van der Waals surface area contributed by atoms with Crippen LogP contribution in [0, 0.1) is 5.92 Å². The molecular weight excluding hydrogens is 169 g/mol. The summed E-state index contributed by atoms with van der Waals surface area (Å²) in [6.45, 7) is 4.15. The van der Waals surface area contributed by atoms with E-state index in [1.54, 1.807) is 0 Å². The van der Waals surface area contributed by atoms with E-state index in [9.17, 15) is 4.57 Å². The van der Waals surface area contributed by atoms with Crippen LogP contribution in [0.15, 0.2) is 0 Å². The first kappa shape index (κ1) is 11.1. The molecular formula is C5H14NO4P. The maximum absolute atomic E-state index is 10.6. The number of hydrogen-bond donors (Lipinski definition) is 2. The van der Waals surface area contributed by atoms with E-state index in [1.807, 2.05) is 13.8 Å². The first-order chi connectivity index (χ1) is 4.98. The summed E-state index contributed by atoms with van der Waals surface area (Å²) in [6.07, 6.45) is 0.702. The van der Waals surface area contributed by atoms with Gasteiger partial charge in [0.1, 0.15) is 0 Å². The molecule has 0 heterocycles. The molecule has 0 aliphatic carbocycles. The van der Waals surface area contributed by atoms with Crippen LogP contribution in [0.25, 0.3) is 0 Å². The summed E-state index contributed by atoms with van der Waals surface area (Å²) in [4.78, 5) is 8.62. The largest absolute Gasteiger partial charge is 0.488 e. The van der Waals surface area contributed by atoms with E-state index in [-0.39, 0.29) is 6.61 Å². The molecule has 0 rings (SSSR count). The Labute approximate surface area is 66.1 Å². The van der Waals surface area contributed by atoms with Gasteiger partial charge < -0.3 is 4.89 Å².